The van der Waals surface area contributed by atoms with E-state index in [-0.39, 0.29) is 37.3 Å². The Kier molecular flexibility index (Phi) is 4.32. The number of ether oxygens (including phenoxy) is 1. The molecule has 0 aliphatic carbocycles. The lowest BCUT2D eigenvalue weighted by atomic mass is 9.78. The van der Waals surface area contributed by atoms with Crippen molar-refractivity contribution in [3.8, 4) is 0 Å². The van der Waals surface area contributed by atoms with E-state index < -0.39 is 18.0 Å². The maximum Gasteiger partial charge on any atom is 0.410 e. The summed E-state index contributed by atoms with van der Waals surface area (Å²) in [7, 11) is 0. The normalized spacial score (nSPS) is 26.7. The third kappa shape index (κ3) is 3.36. The van der Waals surface area contributed by atoms with Crippen LogP contribution < -0.4 is 0 Å². The molecule has 1 N–H and O–H groups in total. The fraction of sp³-hybridized carbons (Fsp3) is 0.471. The van der Waals surface area contributed by atoms with Gasteiger partial charge in [-0.3, -0.25) is 9.59 Å². The highest BCUT2D eigenvalue weighted by Gasteiger charge is 2.46. The van der Waals surface area contributed by atoms with Gasteiger partial charge in [0.05, 0.1) is 5.92 Å². The van der Waals surface area contributed by atoms with E-state index in [9.17, 15) is 19.5 Å². The van der Waals surface area contributed by atoms with Crippen LogP contribution >= 0.6 is 0 Å². The van der Waals surface area contributed by atoms with Gasteiger partial charge in [-0.15, -0.1) is 0 Å². The third-order valence-corrected chi connectivity index (χ3v) is 4.59. The van der Waals surface area contributed by atoms with Crippen LogP contribution in [-0.2, 0) is 20.9 Å². The van der Waals surface area contributed by atoms with Crippen LogP contribution in [0.2, 0.25) is 0 Å². The molecule has 3 rings (SSSR count). The Hall–Kier alpha value is -2.37. The molecule has 3 atom stereocenters. The molecular formula is C17H19NO5. The number of amides is 1. The van der Waals surface area contributed by atoms with Crippen LogP contribution in [0.15, 0.2) is 30.3 Å². The van der Waals surface area contributed by atoms with Gasteiger partial charge in [0.2, 0.25) is 0 Å². The van der Waals surface area contributed by atoms with Gasteiger partial charge >= 0.3 is 12.1 Å². The molecule has 0 saturated carbocycles. The molecule has 6 nitrogen and oxygen atoms in total. The average molecular weight is 317 g/mol. The topological polar surface area (TPSA) is 83.9 Å². The lowest BCUT2D eigenvalue weighted by molar-refractivity contribution is -0.147. The minimum Gasteiger partial charge on any atom is -0.481 e. The molecule has 1 unspecified atom stereocenters. The van der Waals surface area contributed by atoms with Crippen LogP contribution in [0, 0.1) is 5.92 Å². The summed E-state index contributed by atoms with van der Waals surface area (Å²) >= 11 is 0. The SMILES string of the molecule is O=C1C[C@@H]2CC(C(=O)O)C[C@H](C1)N2C(=O)OCc1ccccc1. The van der Waals surface area contributed by atoms with E-state index >= 15 is 0 Å². The molecule has 1 aromatic carbocycles. The summed E-state index contributed by atoms with van der Waals surface area (Å²) in [5, 5.41) is 9.22. The standard InChI is InChI=1S/C17H19NO5/c19-15-8-13-6-12(16(20)21)7-14(9-15)18(13)17(22)23-10-11-4-2-1-3-5-11/h1-5,12-14H,6-10H2,(H,20,21)/t12?,13-,14+. The number of nitrogens with zero attached hydrogens (tertiary/aromatic N) is 1. The van der Waals surface area contributed by atoms with Gasteiger partial charge < -0.3 is 14.7 Å². The molecule has 122 valence electrons. The summed E-state index contributed by atoms with van der Waals surface area (Å²) in [4.78, 5) is 37.0. The molecule has 2 fully saturated rings. The smallest absolute Gasteiger partial charge is 0.410 e. The van der Waals surface area contributed by atoms with E-state index in [0.717, 1.165) is 5.56 Å². The molecule has 2 bridgehead atoms. The van der Waals surface area contributed by atoms with E-state index in [1.54, 1.807) is 4.90 Å². The fourth-order valence-electron chi connectivity index (χ4n) is 3.54. The molecule has 2 saturated heterocycles. The molecule has 0 radical (unpaired) electrons. The molecule has 2 heterocycles. The average Bonchev–Trinajstić information content (AvgIpc) is 2.52. The van der Waals surface area contributed by atoms with Crippen molar-refractivity contribution in [2.24, 2.45) is 5.92 Å². The van der Waals surface area contributed by atoms with E-state index in [4.69, 9.17) is 4.74 Å². The van der Waals surface area contributed by atoms with Crippen LogP contribution in [0.5, 0.6) is 0 Å². The van der Waals surface area contributed by atoms with E-state index in [2.05, 4.69) is 0 Å². The molecule has 2 aliphatic heterocycles. The number of hydrogen-bond acceptors (Lipinski definition) is 4. The van der Waals surface area contributed by atoms with Crippen molar-refractivity contribution in [3.63, 3.8) is 0 Å². The van der Waals surface area contributed by atoms with Gasteiger partial charge in [0, 0.05) is 24.9 Å². The van der Waals surface area contributed by atoms with Gasteiger partial charge in [-0.25, -0.2) is 4.79 Å². The number of aliphatic carboxylic acids is 1. The van der Waals surface area contributed by atoms with Gasteiger partial charge in [-0.05, 0) is 18.4 Å². The van der Waals surface area contributed by atoms with Crippen molar-refractivity contribution in [2.75, 3.05) is 0 Å². The Morgan fingerprint density at radius 2 is 1.74 bits per heavy atom. The Labute approximate surface area is 134 Å². The molecule has 6 heteroatoms. The Balaban J connectivity index is 1.67. The second-order valence-electron chi connectivity index (χ2n) is 6.21. The van der Waals surface area contributed by atoms with Gasteiger partial charge in [-0.1, -0.05) is 30.3 Å². The number of carbonyl (C=O) groups excluding carboxylic acids is 2. The van der Waals surface area contributed by atoms with Crippen LogP contribution in [0.4, 0.5) is 4.79 Å². The maximum absolute atomic E-state index is 12.4. The van der Waals surface area contributed by atoms with Crippen molar-refractivity contribution in [3.05, 3.63) is 35.9 Å². The monoisotopic (exact) mass is 317 g/mol. The highest BCUT2D eigenvalue weighted by atomic mass is 16.6. The number of benzene rings is 1. The first-order valence-corrected chi connectivity index (χ1v) is 7.78. The Bertz CT molecular complexity index is 597. The second-order valence-corrected chi connectivity index (χ2v) is 6.21. The molecule has 23 heavy (non-hydrogen) atoms. The molecule has 1 amide bonds. The predicted octanol–water partition coefficient (Wildman–Crippen LogP) is 2.22. The predicted molar refractivity (Wildman–Crippen MR) is 80.6 cm³/mol. The number of hydrogen-bond donors (Lipinski definition) is 1. The van der Waals surface area contributed by atoms with E-state index in [0.29, 0.717) is 12.8 Å². The van der Waals surface area contributed by atoms with Crippen LogP contribution in [0.3, 0.4) is 0 Å². The highest BCUT2D eigenvalue weighted by Crippen LogP contribution is 2.36. The zero-order chi connectivity index (χ0) is 16.4. The van der Waals surface area contributed by atoms with Crippen molar-refractivity contribution >= 4 is 17.8 Å². The second kappa shape index (κ2) is 6.40. The molecular weight excluding hydrogens is 298 g/mol. The first-order chi connectivity index (χ1) is 11.0. The number of fused-ring (bicyclic) bond motifs is 2. The number of Topliss-reactive ketones (excluding diaryl/α,β-unsaturated/α-hetero) is 1. The quantitative estimate of drug-likeness (QED) is 0.924. The summed E-state index contributed by atoms with van der Waals surface area (Å²) < 4.78 is 5.36. The molecule has 0 spiro atoms. The summed E-state index contributed by atoms with van der Waals surface area (Å²) in [6.45, 7) is 0.173. The highest BCUT2D eigenvalue weighted by molar-refractivity contribution is 5.84. The summed E-state index contributed by atoms with van der Waals surface area (Å²) in [6.07, 6.45) is 0.623. The number of rotatable bonds is 3. The van der Waals surface area contributed by atoms with Crippen LogP contribution in [0.1, 0.15) is 31.2 Å². The minimum atomic E-state index is -0.855. The molecule has 0 aromatic heterocycles. The zero-order valence-electron chi connectivity index (χ0n) is 12.7. The van der Waals surface area contributed by atoms with E-state index in [1.165, 1.54) is 0 Å². The largest absolute Gasteiger partial charge is 0.481 e. The van der Waals surface area contributed by atoms with Gasteiger partial charge in [0.25, 0.3) is 0 Å². The first kappa shape index (κ1) is 15.5. The lowest BCUT2D eigenvalue weighted by Gasteiger charge is -2.46. The number of carboxylic acids is 1. The fourth-order valence-corrected chi connectivity index (χ4v) is 3.54. The van der Waals surface area contributed by atoms with Gasteiger partial charge in [-0.2, -0.15) is 0 Å². The number of ketones is 1. The Morgan fingerprint density at radius 3 is 2.30 bits per heavy atom. The van der Waals surface area contributed by atoms with Crippen molar-refractivity contribution in [2.45, 2.75) is 44.4 Å². The van der Waals surface area contributed by atoms with E-state index in [1.807, 2.05) is 30.3 Å². The van der Waals surface area contributed by atoms with Gasteiger partial charge in [0.1, 0.15) is 12.4 Å². The zero-order valence-corrected chi connectivity index (χ0v) is 12.7. The maximum atomic E-state index is 12.4. The molecule has 1 aromatic rings. The summed E-state index contributed by atoms with van der Waals surface area (Å²) in [5.41, 5.74) is 0.891. The van der Waals surface area contributed by atoms with Crippen molar-refractivity contribution in [1.29, 1.82) is 0 Å². The number of carboxylic acid groups (broad SMARTS) is 1. The van der Waals surface area contributed by atoms with Crippen LogP contribution in [0.25, 0.3) is 0 Å². The van der Waals surface area contributed by atoms with Crippen molar-refractivity contribution < 1.29 is 24.2 Å². The Morgan fingerprint density at radius 1 is 1.13 bits per heavy atom. The first-order valence-electron chi connectivity index (χ1n) is 7.78. The summed E-state index contributed by atoms with van der Waals surface area (Å²) in [6, 6.07) is 8.64. The lowest BCUT2D eigenvalue weighted by Crippen LogP contribution is -2.57. The number of piperidine rings is 2. The third-order valence-electron chi connectivity index (χ3n) is 4.59. The summed E-state index contributed by atoms with van der Waals surface area (Å²) in [5.74, 6) is -1.25. The van der Waals surface area contributed by atoms with Crippen LogP contribution in [-0.4, -0.2) is 39.9 Å². The molecule has 2 aliphatic rings. The van der Waals surface area contributed by atoms with Crippen molar-refractivity contribution in [1.82, 2.24) is 4.90 Å². The number of carbonyl (C=O) groups is 3. The van der Waals surface area contributed by atoms with Gasteiger partial charge in [0.15, 0.2) is 0 Å². The minimum absolute atomic E-state index is 0.0935.